The third kappa shape index (κ3) is 6.17. The number of hydrogen-bond acceptors (Lipinski definition) is 2. The van der Waals surface area contributed by atoms with E-state index in [9.17, 15) is 4.79 Å². The van der Waals surface area contributed by atoms with Crippen molar-refractivity contribution in [1.82, 2.24) is 0 Å². The molecule has 0 spiro atoms. The van der Waals surface area contributed by atoms with Crippen LogP contribution in [0.5, 0.6) is 0 Å². The van der Waals surface area contributed by atoms with Gasteiger partial charge in [-0.1, -0.05) is 32.9 Å². The molecular formula is C14H26O3Si. The highest BCUT2D eigenvalue weighted by Gasteiger charge is 2.37. The first kappa shape index (κ1) is 17.1. The molecule has 0 aliphatic rings. The van der Waals surface area contributed by atoms with Gasteiger partial charge in [-0.2, -0.15) is 0 Å². The topological polar surface area (TPSA) is 46.5 Å². The Morgan fingerprint density at radius 1 is 1.44 bits per heavy atom. The molecule has 104 valence electrons. The van der Waals surface area contributed by atoms with Crippen molar-refractivity contribution in [3.63, 3.8) is 0 Å². The van der Waals surface area contributed by atoms with E-state index in [0.717, 1.165) is 6.42 Å². The maximum Gasteiger partial charge on any atom is 0.327 e. The van der Waals surface area contributed by atoms with Crippen molar-refractivity contribution in [2.45, 2.75) is 45.3 Å². The Morgan fingerprint density at radius 2 is 2.00 bits per heavy atom. The van der Waals surface area contributed by atoms with Crippen molar-refractivity contribution in [2.75, 3.05) is 6.61 Å². The van der Waals surface area contributed by atoms with Crippen LogP contribution in [0.3, 0.4) is 0 Å². The van der Waals surface area contributed by atoms with Gasteiger partial charge in [-0.15, -0.1) is 6.58 Å². The molecule has 0 radical (unpaired) electrons. The van der Waals surface area contributed by atoms with Crippen LogP contribution in [-0.4, -0.2) is 26.0 Å². The number of aliphatic carboxylic acids is 1. The summed E-state index contributed by atoms with van der Waals surface area (Å²) in [6.07, 6.45) is 5.41. The lowest BCUT2D eigenvalue weighted by Crippen LogP contribution is -2.41. The average molecular weight is 270 g/mol. The molecular weight excluding hydrogens is 244 g/mol. The van der Waals surface area contributed by atoms with E-state index in [2.05, 4.69) is 40.4 Å². The summed E-state index contributed by atoms with van der Waals surface area (Å²) in [5.41, 5.74) is 0. The van der Waals surface area contributed by atoms with Gasteiger partial charge in [0.1, 0.15) is 0 Å². The van der Waals surface area contributed by atoms with Crippen LogP contribution in [-0.2, 0) is 9.22 Å². The highest BCUT2D eigenvalue weighted by molar-refractivity contribution is 6.74. The first-order chi connectivity index (χ1) is 8.10. The van der Waals surface area contributed by atoms with Gasteiger partial charge >= 0.3 is 5.97 Å². The molecule has 0 aromatic carbocycles. The fourth-order valence-electron chi connectivity index (χ4n) is 1.17. The first-order valence-corrected chi connectivity index (χ1v) is 9.17. The second kappa shape index (κ2) is 6.90. The lowest BCUT2D eigenvalue weighted by molar-refractivity contribution is -0.131. The highest BCUT2D eigenvalue weighted by atomic mass is 28.4. The van der Waals surface area contributed by atoms with E-state index in [-0.39, 0.29) is 11.0 Å². The van der Waals surface area contributed by atoms with Crippen molar-refractivity contribution in [3.05, 3.63) is 24.8 Å². The third-order valence-corrected chi connectivity index (χ3v) is 7.95. The highest BCUT2D eigenvalue weighted by Crippen LogP contribution is 2.36. The molecule has 0 bridgehead atoms. The van der Waals surface area contributed by atoms with Gasteiger partial charge in [0.15, 0.2) is 8.32 Å². The van der Waals surface area contributed by atoms with Crippen molar-refractivity contribution in [1.29, 1.82) is 0 Å². The van der Waals surface area contributed by atoms with E-state index >= 15 is 0 Å². The SMILES string of the molecule is C=CCC(/C=C/C(=O)O)CO[Si](C)(C)C(C)(C)C. The molecule has 18 heavy (non-hydrogen) atoms. The minimum atomic E-state index is -1.77. The van der Waals surface area contributed by atoms with Gasteiger partial charge in [-0.3, -0.25) is 0 Å². The minimum Gasteiger partial charge on any atom is -0.478 e. The molecule has 0 saturated heterocycles. The Morgan fingerprint density at radius 3 is 2.39 bits per heavy atom. The smallest absolute Gasteiger partial charge is 0.327 e. The first-order valence-electron chi connectivity index (χ1n) is 6.26. The molecule has 0 amide bonds. The summed E-state index contributed by atoms with van der Waals surface area (Å²) in [6, 6.07) is 0. The third-order valence-electron chi connectivity index (χ3n) is 3.44. The Hall–Kier alpha value is -0.873. The standard InChI is InChI=1S/C14H26O3Si/c1-7-8-12(9-10-13(15)16)11-17-18(5,6)14(2,3)4/h7,9-10,12H,1,8,11H2,2-6H3,(H,15,16)/b10-9+. The van der Waals surface area contributed by atoms with Crippen molar-refractivity contribution in [2.24, 2.45) is 5.92 Å². The number of allylic oxidation sites excluding steroid dienone is 1. The van der Waals surface area contributed by atoms with Crippen LogP contribution in [0.15, 0.2) is 24.8 Å². The van der Waals surface area contributed by atoms with Crippen LogP contribution in [0.1, 0.15) is 27.2 Å². The largest absolute Gasteiger partial charge is 0.478 e. The Balaban J connectivity index is 4.53. The van der Waals surface area contributed by atoms with E-state index < -0.39 is 14.3 Å². The molecule has 0 fully saturated rings. The number of hydrogen-bond donors (Lipinski definition) is 1. The Bertz CT molecular complexity index is 313. The van der Waals surface area contributed by atoms with Crippen LogP contribution < -0.4 is 0 Å². The number of carbonyl (C=O) groups is 1. The van der Waals surface area contributed by atoms with E-state index in [0.29, 0.717) is 6.61 Å². The summed E-state index contributed by atoms with van der Waals surface area (Å²) >= 11 is 0. The average Bonchev–Trinajstić information content (AvgIpc) is 2.20. The summed E-state index contributed by atoms with van der Waals surface area (Å²) < 4.78 is 6.09. The van der Waals surface area contributed by atoms with Gasteiger partial charge in [-0.25, -0.2) is 4.79 Å². The zero-order chi connectivity index (χ0) is 14.4. The summed E-state index contributed by atoms with van der Waals surface area (Å²) in [7, 11) is -1.77. The summed E-state index contributed by atoms with van der Waals surface area (Å²) in [5.74, 6) is -0.830. The predicted molar refractivity (Wildman–Crippen MR) is 78.2 cm³/mol. The lowest BCUT2D eigenvalue weighted by Gasteiger charge is -2.37. The molecule has 1 N–H and O–H groups in total. The van der Waals surface area contributed by atoms with Crippen LogP contribution in [0.25, 0.3) is 0 Å². The Labute approximate surface area is 112 Å². The molecule has 1 unspecified atom stereocenters. The summed E-state index contributed by atoms with van der Waals surface area (Å²) in [4.78, 5) is 10.5. The van der Waals surface area contributed by atoms with Gasteiger partial charge in [-0.05, 0) is 24.6 Å². The summed E-state index contributed by atoms with van der Waals surface area (Å²) in [6.45, 7) is 15.2. The molecule has 0 heterocycles. The number of carboxylic acids is 1. The van der Waals surface area contributed by atoms with Gasteiger partial charge in [0.05, 0.1) is 0 Å². The van der Waals surface area contributed by atoms with Gasteiger partial charge < -0.3 is 9.53 Å². The molecule has 1 atom stereocenters. The zero-order valence-corrected chi connectivity index (χ0v) is 13.2. The maximum absolute atomic E-state index is 10.5. The van der Waals surface area contributed by atoms with Crippen molar-refractivity contribution in [3.8, 4) is 0 Å². The van der Waals surface area contributed by atoms with Gasteiger partial charge in [0, 0.05) is 18.6 Å². The molecule has 0 aromatic rings. The monoisotopic (exact) mass is 270 g/mol. The van der Waals surface area contributed by atoms with E-state index in [1.54, 1.807) is 12.2 Å². The zero-order valence-electron chi connectivity index (χ0n) is 12.2. The fraction of sp³-hybridized carbons (Fsp3) is 0.643. The molecule has 0 aliphatic heterocycles. The molecule has 0 saturated carbocycles. The van der Waals surface area contributed by atoms with Crippen LogP contribution >= 0.6 is 0 Å². The minimum absolute atomic E-state index is 0.0905. The Kier molecular flexibility index (Phi) is 6.56. The number of rotatable bonds is 7. The van der Waals surface area contributed by atoms with Gasteiger partial charge in [0.2, 0.25) is 0 Å². The van der Waals surface area contributed by atoms with Crippen LogP contribution in [0.2, 0.25) is 18.1 Å². The van der Waals surface area contributed by atoms with Crippen LogP contribution in [0.4, 0.5) is 0 Å². The van der Waals surface area contributed by atoms with Gasteiger partial charge in [0.25, 0.3) is 0 Å². The number of carboxylic acid groups (broad SMARTS) is 1. The molecule has 0 aliphatic carbocycles. The normalized spacial score (nSPS) is 14.7. The molecule has 4 heteroatoms. The predicted octanol–water partition coefficient (Wildman–Crippen LogP) is 3.84. The van der Waals surface area contributed by atoms with Crippen molar-refractivity contribution >= 4 is 14.3 Å². The molecule has 3 nitrogen and oxygen atoms in total. The maximum atomic E-state index is 10.5. The molecule has 0 aromatic heterocycles. The quantitative estimate of drug-likeness (QED) is 0.434. The van der Waals surface area contributed by atoms with E-state index in [4.69, 9.17) is 9.53 Å². The van der Waals surface area contributed by atoms with E-state index in [1.165, 1.54) is 6.08 Å². The van der Waals surface area contributed by atoms with Crippen molar-refractivity contribution < 1.29 is 14.3 Å². The fourth-order valence-corrected chi connectivity index (χ4v) is 2.23. The molecule has 0 rings (SSSR count). The second-order valence-corrected chi connectivity index (χ2v) is 10.9. The summed E-state index contributed by atoms with van der Waals surface area (Å²) in [5, 5.41) is 8.81. The second-order valence-electron chi connectivity index (χ2n) is 6.05. The van der Waals surface area contributed by atoms with E-state index in [1.807, 2.05) is 0 Å². The lowest BCUT2D eigenvalue weighted by atomic mass is 10.1. The van der Waals surface area contributed by atoms with Crippen LogP contribution in [0, 0.1) is 5.92 Å².